The first-order chi connectivity index (χ1) is 9.36. The molecule has 3 N–H and O–H groups in total. The molecule has 1 unspecified atom stereocenters. The van der Waals surface area contributed by atoms with Crippen LogP contribution >= 0.6 is 11.6 Å². The summed E-state index contributed by atoms with van der Waals surface area (Å²) < 4.78 is 0. The molecule has 0 saturated carbocycles. The zero-order valence-electron chi connectivity index (χ0n) is 11.0. The first-order valence-corrected chi connectivity index (χ1v) is 6.28. The van der Waals surface area contributed by atoms with Crippen LogP contribution in [0.2, 0.25) is 5.02 Å². The smallest absolute Gasteiger partial charge is 0.405 e. The van der Waals surface area contributed by atoms with Gasteiger partial charge in [-0.05, 0) is 18.1 Å². The molecule has 0 aliphatic heterocycles. The third kappa shape index (κ3) is 3.96. The van der Waals surface area contributed by atoms with Crippen LogP contribution in [0.15, 0.2) is 18.2 Å². The Bertz CT molecular complexity index is 531. The number of nitrogens with one attached hydrogen (secondary N) is 2. The Balaban J connectivity index is 2.96. The van der Waals surface area contributed by atoms with Crippen molar-refractivity contribution in [1.29, 1.82) is 0 Å². The second-order valence-electron chi connectivity index (χ2n) is 4.48. The predicted octanol–water partition coefficient (Wildman–Crippen LogP) is 2.38. The summed E-state index contributed by atoms with van der Waals surface area (Å²) in [7, 11) is 0. The average Bonchev–Trinajstić information content (AvgIpc) is 2.35. The minimum Gasteiger partial charge on any atom is -0.465 e. The maximum atomic E-state index is 12.1. The highest BCUT2D eigenvalue weighted by atomic mass is 35.5. The minimum absolute atomic E-state index is 0.153. The number of carbonyl (C=O) groups excluding carboxylic acids is 2. The molecule has 1 aromatic carbocycles. The van der Waals surface area contributed by atoms with Crippen LogP contribution in [0, 0.1) is 5.92 Å². The van der Waals surface area contributed by atoms with Crippen molar-refractivity contribution in [2.24, 2.45) is 5.92 Å². The second-order valence-corrected chi connectivity index (χ2v) is 4.89. The van der Waals surface area contributed by atoms with Gasteiger partial charge in [0.1, 0.15) is 6.04 Å². The lowest BCUT2D eigenvalue weighted by Gasteiger charge is -2.20. The summed E-state index contributed by atoms with van der Waals surface area (Å²) in [5.41, 5.74) is 0.399. The lowest BCUT2D eigenvalue weighted by Crippen LogP contribution is -2.46. The number of anilines is 1. The molecule has 108 valence electrons. The molecular formula is C13H15ClN2O4. The van der Waals surface area contributed by atoms with E-state index in [2.05, 4.69) is 10.6 Å². The van der Waals surface area contributed by atoms with E-state index in [-0.39, 0.29) is 22.2 Å². The standard InChI is InChI=1S/C13H15ClN2O4/c1-7(2)11(16-13(19)20)12(18)15-10-5-3-4-9(14)8(10)6-17/h3-7,11,16H,1-2H3,(H,15,18)(H,19,20). The van der Waals surface area contributed by atoms with Crippen LogP contribution in [-0.2, 0) is 4.79 Å². The normalized spacial score (nSPS) is 11.8. The van der Waals surface area contributed by atoms with Gasteiger partial charge in [0.05, 0.1) is 16.3 Å². The van der Waals surface area contributed by atoms with Crippen molar-refractivity contribution in [2.45, 2.75) is 19.9 Å². The van der Waals surface area contributed by atoms with E-state index in [1.165, 1.54) is 12.1 Å². The monoisotopic (exact) mass is 298 g/mol. The van der Waals surface area contributed by atoms with Gasteiger partial charge in [0.2, 0.25) is 5.91 Å². The largest absolute Gasteiger partial charge is 0.465 e. The van der Waals surface area contributed by atoms with E-state index in [1.807, 2.05) is 0 Å². The Morgan fingerprint density at radius 3 is 2.50 bits per heavy atom. The number of hydrogen-bond donors (Lipinski definition) is 3. The molecule has 0 saturated heterocycles. The number of carboxylic acid groups (broad SMARTS) is 1. The minimum atomic E-state index is -1.29. The molecule has 0 aliphatic carbocycles. The summed E-state index contributed by atoms with van der Waals surface area (Å²) in [5, 5.41) is 13.6. The van der Waals surface area contributed by atoms with Gasteiger partial charge in [-0.2, -0.15) is 0 Å². The molecule has 1 rings (SSSR count). The van der Waals surface area contributed by atoms with E-state index in [0.717, 1.165) is 0 Å². The highest BCUT2D eigenvalue weighted by molar-refractivity contribution is 6.33. The number of aldehydes is 1. The maximum Gasteiger partial charge on any atom is 0.405 e. The fourth-order valence-corrected chi connectivity index (χ4v) is 1.86. The lowest BCUT2D eigenvalue weighted by molar-refractivity contribution is -0.118. The SMILES string of the molecule is CC(C)C(NC(=O)O)C(=O)Nc1cccc(Cl)c1C=O. The first kappa shape index (κ1) is 16.0. The van der Waals surface area contributed by atoms with Crippen LogP contribution in [0.1, 0.15) is 24.2 Å². The Labute approximate surface area is 121 Å². The van der Waals surface area contributed by atoms with Crippen LogP contribution in [0.25, 0.3) is 0 Å². The fourth-order valence-electron chi connectivity index (χ4n) is 1.64. The van der Waals surface area contributed by atoms with E-state index in [9.17, 15) is 14.4 Å². The van der Waals surface area contributed by atoms with Crippen LogP contribution in [0.4, 0.5) is 10.5 Å². The molecular weight excluding hydrogens is 284 g/mol. The van der Waals surface area contributed by atoms with Crippen molar-refractivity contribution in [2.75, 3.05) is 5.32 Å². The lowest BCUT2D eigenvalue weighted by atomic mass is 10.0. The van der Waals surface area contributed by atoms with Gasteiger partial charge in [0, 0.05) is 0 Å². The number of hydrogen-bond acceptors (Lipinski definition) is 3. The third-order valence-electron chi connectivity index (χ3n) is 2.66. The van der Waals surface area contributed by atoms with Crippen LogP contribution in [0.3, 0.4) is 0 Å². The summed E-state index contributed by atoms with van der Waals surface area (Å²) in [4.78, 5) is 33.7. The highest BCUT2D eigenvalue weighted by Crippen LogP contribution is 2.22. The van der Waals surface area contributed by atoms with Gasteiger partial charge in [-0.25, -0.2) is 4.79 Å². The summed E-state index contributed by atoms with van der Waals surface area (Å²) in [6.45, 7) is 3.41. The summed E-state index contributed by atoms with van der Waals surface area (Å²) >= 11 is 5.85. The molecule has 2 amide bonds. The molecule has 7 heteroatoms. The van der Waals surface area contributed by atoms with Gasteiger partial charge in [0.25, 0.3) is 0 Å². The molecule has 0 aliphatic rings. The van der Waals surface area contributed by atoms with Crippen LogP contribution < -0.4 is 10.6 Å². The highest BCUT2D eigenvalue weighted by Gasteiger charge is 2.24. The van der Waals surface area contributed by atoms with Crippen molar-refractivity contribution in [3.63, 3.8) is 0 Å². The maximum absolute atomic E-state index is 12.1. The molecule has 0 spiro atoms. The van der Waals surface area contributed by atoms with Gasteiger partial charge >= 0.3 is 6.09 Å². The van der Waals surface area contributed by atoms with Crippen LogP contribution in [0.5, 0.6) is 0 Å². The molecule has 20 heavy (non-hydrogen) atoms. The fraction of sp³-hybridized carbons (Fsp3) is 0.308. The molecule has 0 fully saturated rings. The van der Waals surface area contributed by atoms with Crippen molar-refractivity contribution in [3.8, 4) is 0 Å². The molecule has 0 bridgehead atoms. The summed E-state index contributed by atoms with van der Waals surface area (Å²) in [5.74, 6) is -0.794. The quantitative estimate of drug-likeness (QED) is 0.727. The van der Waals surface area contributed by atoms with E-state index in [0.29, 0.717) is 6.29 Å². The Morgan fingerprint density at radius 1 is 1.35 bits per heavy atom. The Hall–Kier alpha value is -2.08. The first-order valence-electron chi connectivity index (χ1n) is 5.90. The van der Waals surface area contributed by atoms with E-state index in [4.69, 9.17) is 16.7 Å². The van der Waals surface area contributed by atoms with E-state index >= 15 is 0 Å². The molecule has 1 atom stereocenters. The Morgan fingerprint density at radius 2 is 2.00 bits per heavy atom. The third-order valence-corrected chi connectivity index (χ3v) is 2.99. The van der Waals surface area contributed by atoms with Gasteiger partial charge in [0.15, 0.2) is 6.29 Å². The zero-order valence-corrected chi connectivity index (χ0v) is 11.8. The molecule has 0 radical (unpaired) electrons. The van der Waals surface area contributed by atoms with E-state index in [1.54, 1.807) is 19.9 Å². The number of rotatable bonds is 5. The topological polar surface area (TPSA) is 95.5 Å². The van der Waals surface area contributed by atoms with Gasteiger partial charge in [-0.15, -0.1) is 0 Å². The van der Waals surface area contributed by atoms with E-state index < -0.39 is 18.0 Å². The second kappa shape index (κ2) is 6.91. The number of benzene rings is 1. The van der Waals surface area contributed by atoms with Gasteiger partial charge in [-0.1, -0.05) is 31.5 Å². The van der Waals surface area contributed by atoms with Crippen molar-refractivity contribution in [3.05, 3.63) is 28.8 Å². The molecule has 0 heterocycles. The average molecular weight is 299 g/mol. The van der Waals surface area contributed by atoms with Gasteiger partial charge in [-0.3, -0.25) is 9.59 Å². The number of carbonyl (C=O) groups is 3. The summed E-state index contributed by atoms with van der Waals surface area (Å²) in [6, 6.07) is 3.70. The predicted molar refractivity (Wildman–Crippen MR) is 75.3 cm³/mol. The molecule has 0 aromatic heterocycles. The van der Waals surface area contributed by atoms with Crippen LogP contribution in [-0.4, -0.2) is 29.4 Å². The molecule has 6 nitrogen and oxygen atoms in total. The van der Waals surface area contributed by atoms with Crippen molar-refractivity contribution in [1.82, 2.24) is 5.32 Å². The Kier molecular flexibility index (Phi) is 5.52. The van der Waals surface area contributed by atoms with Crippen molar-refractivity contribution < 1.29 is 19.5 Å². The zero-order chi connectivity index (χ0) is 15.3. The summed E-state index contributed by atoms with van der Waals surface area (Å²) in [6.07, 6.45) is -0.756. The molecule has 1 aromatic rings. The number of amides is 2. The van der Waals surface area contributed by atoms with Crippen molar-refractivity contribution >= 4 is 35.6 Å². The number of halogens is 1. The van der Waals surface area contributed by atoms with Gasteiger partial charge < -0.3 is 15.7 Å².